The van der Waals surface area contributed by atoms with Crippen molar-refractivity contribution in [3.8, 4) is 0 Å². The molecule has 1 N–H and O–H groups in total. The molecule has 0 saturated carbocycles. The molecule has 114 valence electrons. The molecule has 1 unspecified atom stereocenters. The topological polar surface area (TPSA) is 118 Å². The Labute approximate surface area is 121 Å². The van der Waals surface area contributed by atoms with Gasteiger partial charge in [-0.3, -0.25) is 10.1 Å². The van der Waals surface area contributed by atoms with E-state index in [1.54, 1.807) is 6.92 Å². The van der Waals surface area contributed by atoms with Gasteiger partial charge in [0.1, 0.15) is 5.69 Å². The molecule has 1 atom stereocenters. The quantitative estimate of drug-likeness (QED) is 0.651. The second-order valence-electron chi connectivity index (χ2n) is 4.89. The van der Waals surface area contributed by atoms with Crippen LogP contribution in [0.5, 0.6) is 0 Å². The smallest absolute Gasteiger partial charge is 0.338 e. The maximum atomic E-state index is 11.6. The number of rotatable bonds is 3. The summed E-state index contributed by atoms with van der Waals surface area (Å²) in [5, 5.41) is 20.4. The Morgan fingerprint density at radius 1 is 1.48 bits per heavy atom. The minimum atomic E-state index is -3.20. The second-order valence-corrected chi connectivity index (χ2v) is 7.12. The number of carbonyl (C=O) groups is 1. The zero-order chi connectivity index (χ0) is 15.8. The van der Waals surface area contributed by atoms with Crippen molar-refractivity contribution in [3.63, 3.8) is 0 Å². The lowest BCUT2D eigenvalue weighted by Crippen LogP contribution is -2.47. The van der Waals surface area contributed by atoms with Gasteiger partial charge in [0.2, 0.25) is 0 Å². The van der Waals surface area contributed by atoms with E-state index in [1.165, 1.54) is 23.1 Å². The number of carboxylic acid groups (broad SMARTS) is 1. The molecular weight excluding hydrogens is 300 g/mol. The molecule has 1 aromatic carbocycles. The number of hydrogen-bond donors (Lipinski definition) is 1. The molecule has 0 bridgehead atoms. The van der Waals surface area contributed by atoms with E-state index in [1.807, 2.05) is 0 Å². The van der Waals surface area contributed by atoms with Crippen molar-refractivity contribution in [1.29, 1.82) is 0 Å². The lowest BCUT2D eigenvalue weighted by atomic mass is 10.1. The predicted molar refractivity (Wildman–Crippen MR) is 75.5 cm³/mol. The van der Waals surface area contributed by atoms with Crippen molar-refractivity contribution in [2.24, 2.45) is 0 Å². The van der Waals surface area contributed by atoms with Crippen LogP contribution < -0.4 is 4.90 Å². The largest absolute Gasteiger partial charge is 0.478 e. The van der Waals surface area contributed by atoms with E-state index in [2.05, 4.69) is 0 Å². The second kappa shape index (κ2) is 5.32. The number of para-hydroxylation sites is 1. The number of hydrogen-bond acceptors (Lipinski definition) is 6. The highest BCUT2D eigenvalue weighted by molar-refractivity contribution is 7.91. The molecule has 8 nitrogen and oxygen atoms in total. The van der Waals surface area contributed by atoms with E-state index in [9.17, 15) is 28.4 Å². The number of carboxylic acids is 1. The van der Waals surface area contributed by atoms with Crippen LogP contribution in [0.3, 0.4) is 0 Å². The van der Waals surface area contributed by atoms with Crippen LogP contribution in [-0.2, 0) is 9.84 Å². The highest BCUT2D eigenvalue weighted by Gasteiger charge is 2.34. The summed E-state index contributed by atoms with van der Waals surface area (Å²) < 4.78 is 23.2. The third-order valence-electron chi connectivity index (χ3n) is 3.40. The molecule has 21 heavy (non-hydrogen) atoms. The number of nitro groups is 1. The fourth-order valence-electron chi connectivity index (χ4n) is 2.48. The number of anilines is 1. The first kappa shape index (κ1) is 15.2. The summed E-state index contributed by atoms with van der Waals surface area (Å²) in [4.78, 5) is 23.3. The van der Waals surface area contributed by atoms with E-state index >= 15 is 0 Å². The summed E-state index contributed by atoms with van der Waals surface area (Å²) in [6, 6.07) is 3.28. The number of sulfone groups is 1. The molecule has 1 aromatic rings. The van der Waals surface area contributed by atoms with Crippen molar-refractivity contribution in [2.45, 2.75) is 13.0 Å². The van der Waals surface area contributed by atoms with E-state index in [0.717, 1.165) is 0 Å². The minimum absolute atomic E-state index is 0.0302. The van der Waals surface area contributed by atoms with Crippen molar-refractivity contribution in [2.75, 3.05) is 23.0 Å². The van der Waals surface area contributed by atoms with Gasteiger partial charge in [-0.05, 0) is 13.0 Å². The van der Waals surface area contributed by atoms with Gasteiger partial charge >= 0.3 is 5.97 Å². The first-order valence-corrected chi connectivity index (χ1v) is 8.03. The summed E-state index contributed by atoms with van der Waals surface area (Å²) in [6.45, 7) is 1.65. The first-order valence-electron chi connectivity index (χ1n) is 6.20. The standard InChI is InChI=1S/C12H14N2O6S/c1-8-7-21(19,20)6-5-13(8)11-9(12(15)16)3-2-4-10(11)14(17)18/h2-4,8H,5-7H2,1H3,(H,15,16). The molecule has 1 aliphatic heterocycles. The summed E-state index contributed by atoms with van der Waals surface area (Å²) in [7, 11) is -3.20. The predicted octanol–water partition coefficient (Wildman–Crippen LogP) is 0.916. The molecule has 0 spiro atoms. The Hall–Kier alpha value is -2.16. The number of nitro benzene ring substituents is 1. The van der Waals surface area contributed by atoms with Crippen molar-refractivity contribution in [1.82, 2.24) is 0 Å². The maximum Gasteiger partial charge on any atom is 0.338 e. The Balaban J connectivity index is 2.57. The SMILES string of the molecule is CC1CS(=O)(=O)CCN1c1c(C(=O)O)cccc1[N+](=O)[O-]. The van der Waals surface area contributed by atoms with Crippen molar-refractivity contribution < 1.29 is 23.2 Å². The molecule has 0 radical (unpaired) electrons. The molecule has 1 saturated heterocycles. The molecule has 2 rings (SSSR count). The van der Waals surface area contributed by atoms with Gasteiger partial charge in [0.15, 0.2) is 9.84 Å². The van der Waals surface area contributed by atoms with Crippen LogP contribution in [0.1, 0.15) is 17.3 Å². The average molecular weight is 314 g/mol. The summed E-state index contributed by atoms with van der Waals surface area (Å²) in [5.41, 5.74) is -0.561. The van der Waals surface area contributed by atoms with Crippen LogP contribution in [-0.4, -0.2) is 48.5 Å². The van der Waals surface area contributed by atoms with E-state index in [4.69, 9.17) is 0 Å². The fourth-order valence-corrected chi connectivity index (χ4v) is 4.04. The molecule has 9 heteroatoms. The molecule has 0 amide bonds. The Morgan fingerprint density at radius 2 is 2.14 bits per heavy atom. The third-order valence-corrected chi connectivity index (χ3v) is 5.19. The van der Waals surface area contributed by atoms with Gasteiger partial charge in [-0.1, -0.05) is 6.07 Å². The third kappa shape index (κ3) is 2.97. The van der Waals surface area contributed by atoms with Crippen LogP contribution >= 0.6 is 0 Å². The zero-order valence-electron chi connectivity index (χ0n) is 11.2. The highest BCUT2D eigenvalue weighted by Crippen LogP contribution is 2.34. The molecule has 1 fully saturated rings. The fraction of sp³-hybridized carbons (Fsp3) is 0.417. The van der Waals surface area contributed by atoms with Crippen LogP contribution in [0.2, 0.25) is 0 Å². The van der Waals surface area contributed by atoms with Crippen molar-refractivity contribution in [3.05, 3.63) is 33.9 Å². The van der Waals surface area contributed by atoms with Gasteiger partial charge < -0.3 is 10.0 Å². The van der Waals surface area contributed by atoms with Crippen LogP contribution in [0.25, 0.3) is 0 Å². The van der Waals surface area contributed by atoms with Crippen LogP contribution in [0.4, 0.5) is 11.4 Å². The molecule has 1 aliphatic rings. The van der Waals surface area contributed by atoms with Gasteiger partial charge in [-0.15, -0.1) is 0 Å². The van der Waals surface area contributed by atoms with E-state index < -0.39 is 26.8 Å². The number of nitrogens with zero attached hydrogens (tertiary/aromatic N) is 2. The minimum Gasteiger partial charge on any atom is -0.478 e. The lowest BCUT2D eigenvalue weighted by Gasteiger charge is -2.35. The summed E-state index contributed by atoms with van der Waals surface area (Å²) >= 11 is 0. The number of benzene rings is 1. The van der Waals surface area contributed by atoms with Crippen LogP contribution in [0, 0.1) is 10.1 Å². The summed E-state index contributed by atoms with van der Waals surface area (Å²) in [5.74, 6) is -1.59. The van der Waals surface area contributed by atoms with E-state index in [0.29, 0.717) is 0 Å². The van der Waals surface area contributed by atoms with Gasteiger partial charge in [0.05, 0.1) is 22.0 Å². The first-order chi connectivity index (χ1) is 9.73. The van der Waals surface area contributed by atoms with Crippen molar-refractivity contribution >= 4 is 27.2 Å². The van der Waals surface area contributed by atoms with Gasteiger partial charge in [0.25, 0.3) is 5.69 Å². The molecule has 0 aromatic heterocycles. The van der Waals surface area contributed by atoms with Gasteiger partial charge in [-0.25, -0.2) is 13.2 Å². The lowest BCUT2D eigenvalue weighted by molar-refractivity contribution is -0.384. The monoisotopic (exact) mass is 314 g/mol. The number of aromatic carboxylic acids is 1. The van der Waals surface area contributed by atoms with Crippen LogP contribution in [0.15, 0.2) is 18.2 Å². The van der Waals surface area contributed by atoms with Gasteiger partial charge in [-0.2, -0.15) is 0 Å². The van der Waals surface area contributed by atoms with Gasteiger partial charge in [0, 0.05) is 18.7 Å². The molecule has 0 aliphatic carbocycles. The Bertz CT molecular complexity index is 667. The Morgan fingerprint density at radius 3 is 2.67 bits per heavy atom. The Kier molecular flexibility index (Phi) is 3.86. The van der Waals surface area contributed by atoms with E-state index in [-0.39, 0.29) is 35.0 Å². The zero-order valence-corrected chi connectivity index (χ0v) is 12.0. The normalized spacial score (nSPS) is 21.0. The maximum absolute atomic E-state index is 11.6. The molecular formula is C12H14N2O6S. The highest BCUT2D eigenvalue weighted by atomic mass is 32.2. The molecule has 1 heterocycles. The summed E-state index contributed by atoms with van der Waals surface area (Å²) in [6.07, 6.45) is 0. The average Bonchev–Trinajstić information content (AvgIpc) is 2.36.